The van der Waals surface area contributed by atoms with E-state index >= 15 is 0 Å². The van der Waals surface area contributed by atoms with Crippen molar-refractivity contribution >= 4 is 11.9 Å². The molecule has 0 unspecified atom stereocenters. The van der Waals surface area contributed by atoms with Crippen LogP contribution in [0.3, 0.4) is 0 Å². The van der Waals surface area contributed by atoms with Crippen molar-refractivity contribution in [3.05, 3.63) is 35.4 Å². The van der Waals surface area contributed by atoms with Gasteiger partial charge in [-0.1, -0.05) is 0 Å². The monoisotopic (exact) mass is 174 g/mol. The van der Waals surface area contributed by atoms with Crippen LogP contribution in [0.25, 0.3) is 0 Å². The molecule has 13 heavy (non-hydrogen) atoms. The molecule has 1 rings (SSSR count). The molecule has 0 amide bonds. The Morgan fingerprint density at radius 2 is 1.15 bits per heavy atom. The first-order valence-electron chi connectivity index (χ1n) is 3.18. The maximum absolute atomic E-state index is 10.3. The van der Waals surface area contributed by atoms with E-state index in [0.29, 0.717) is 0 Å². The number of carbonyl (C=O) groups is 2. The molecular weight excluding hydrogens is 167 g/mol. The fourth-order valence-electron chi connectivity index (χ4n) is 0.755. The predicted octanol–water partition coefficient (Wildman–Crippen LogP) is -1.80. The molecule has 0 aliphatic rings. The zero-order chi connectivity index (χ0) is 9.14. The molecule has 2 N–H and O–H groups in total. The second kappa shape index (κ2) is 4.70. The molecule has 0 saturated carbocycles. The minimum absolute atomic E-state index is 0. The van der Waals surface area contributed by atoms with Crippen molar-refractivity contribution < 1.29 is 40.1 Å². The smallest absolute Gasteiger partial charge is 1.00 e. The summed E-state index contributed by atoms with van der Waals surface area (Å²) in [4.78, 5) is 20.7. The molecule has 0 saturated heterocycles. The molecule has 0 atom stereocenters. The van der Waals surface area contributed by atoms with Crippen molar-refractivity contribution in [1.82, 2.24) is 0 Å². The third kappa shape index (κ3) is 2.94. The van der Waals surface area contributed by atoms with E-state index in [1.54, 1.807) is 0 Å². The molecular formula is C8H7LiO4. The van der Waals surface area contributed by atoms with Crippen molar-refractivity contribution in [1.29, 1.82) is 0 Å². The van der Waals surface area contributed by atoms with Gasteiger partial charge in [0.2, 0.25) is 0 Å². The van der Waals surface area contributed by atoms with Crippen LogP contribution >= 0.6 is 0 Å². The van der Waals surface area contributed by atoms with Gasteiger partial charge in [-0.3, -0.25) is 0 Å². The molecule has 0 fully saturated rings. The molecule has 0 spiro atoms. The van der Waals surface area contributed by atoms with E-state index in [0.717, 1.165) is 0 Å². The Morgan fingerprint density at radius 1 is 0.923 bits per heavy atom. The number of carboxylic acid groups (broad SMARTS) is 2. The summed E-state index contributed by atoms with van der Waals surface area (Å²) in [6.45, 7) is 0. The van der Waals surface area contributed by atoms with Crippen LogP contribution in [0.15, 0.2) is 24.3 Å². The van der Waals surface area contributed by atoms with Crippen LogP contribution in [0.4, 0.5) is 0 Å². The first-order valence-corrected chi connectivity index (χ1v) is 3.18. The maximum Gasteiger partial charge on any atom is 1.00 e. The topological polar surface area (TPSA) is 74.6 Å². The van der Waals surface area contributed by atoms with Crippen molar-refractivity contribution in [2.45, 2.75) is 0 Å². The van der Waals surface area contributed by atoms with Gasteiger partial charge in [-0.05, 0) is 24.3 Å². The molecule has 0 aliphatic heterocycles. The van der Waals surface area contributed by atoms with Crippen LogP contribution in [0.1, 0.15) is 22.1 Å². The summed E-state index contributed by atoms with van der Waals surface area (Å²) in [5.41, 5.74) is 0.167. The van der Waals surface area contributed by atoms with Crippen LogP contribution in [-0.2, 0) is 0 Å². The molecule has 0 aliphatic carbocycles. The molecule has 64 valence electrons. The van der Waals surface area contributed by atoms with Gasteiger partial charge < -0.3 is 11.6 Å². The summed E-state index contributed by atoms with van der Waals surface area (Å²) in [6, 6.07) is 5.02. The van der Waals surface area contributed by atoms with Gasteiger partial charge in [0.25, 0.3) is 0 Å². The molecule has 5 heteroatoms. The normalized spacial score (nSPS) is 8.62. The Balaban J connectivity index is 0. The van der Waals surface area contributed by atoms with Gasteiger partial charge in [-0.2, -0.15) is 0 Å². The maximum atomic E-state index is 10.3. The minimum Gasteiger partial charge on any atom is -1.00 e. The molecule has 0 radical (unpaired) electrons. The van der Waals surface area contributed by atoms with E-state index in [9.17, 15) is 9.59 Å². The number of benzene rings is 1. The largest absolute Gasteiger partial charge is 1.00 e. The zero-order valence-corrected chi connectivity index (χ0v) is 7.02. The van der Waals surface area contributed by atoms with E-state index in [-0.39, 0.29) is 31.4 Å². The van der Waals surface area contributed by atoms with Crippen molar-refractivity contribution in [3.63, 3.8) is 0 Å². The van der Waals surface area contributed by atoms with Gasteiger partial charge in [0.15, 0.2) is 0 Å². The Labute approximate surface area is 87.9 Å². The van der Waals surface area contributed by atoms with E-state index in [1.807, 2.05) is 0 Å². The summed E-state index contributed by atoms with van der Waals surface area (Å²) >= 11 is 0. The fourth-order valence-corrected chi connectivity index (χ4v) is 0.755. The standard InChI is InChI=1S/C8H6O4.Li.H/c9-7(10)5-1-2-6(4-3-5)8(11)12;;/h1-4H,(H,9,10)(H,11,12);;/q;+1;-1. The predicted molar refractivity (Wildman–Crippen MR) is 41.5 cm³/mol. The van der Waals surface area contributed by atoms with Crippen LogP contribution in [0, 0.1) is 0 Å². The van der Waals surface area contributed by atoms with Crippen molar-refractivity contribution in [3.8, 4) is 0 Å². The van der Waals surface area contributed by atoms with E-state index < -0.39 is 11.9 Å². The molecule has 1 aromatic rings. The molecule has 0 bridgehead atoms. The number of aromatic carboxylic acids is 2. The average Bonchev–Trinajstić information content (AvgIpc) is 2.04. The van der Waals surface area contributed by atoms with Crippen LogP contribution < -0.4 is 18.9 Å². The minimum atomic E-state index is -1.06. The van der Waals surface area contributed by atoms with Crippen LogP contribution in [-0.4, -0.2) is 22.2 Å². The first-order chi connectivity index (χ1) is 5.61. The molecule has 1 aromatic carbocycles. The summed E-state index contributed by atoms with van der Waals surface area (Å²) in [5, 5.41) is 16.9. The first kappa shape index (κ1) is 11.8. The third-order valence-corrected chi connectivity index (χ3v) is 1.38. The molecule has 4 nitrogen and oxygen atoms in total. The number of hydrogen-bond acceptors (Lipinski definition) is 2. The van der Waals surface area contributed by atoms with Gasteiger partial charge in [-0.25, -0.2) is 9.59 Å². The number of rotatable bonds is 2. The second-order valence-electron chi connectivity index (χ2n) is 2.19. The number of hydrogen-bond donors (Lipinski definition) is 2. The zero-order valence-electron chi connectivity index (χ0n) is 8.02. The van der Waals surface area contributed by atoms with Gasteiger partial charge in [0, 0.05) is 0 Å². The number of carboxylic acids is 2. The van der Waals surface area contributed by atoms with E-state index in [1.165, 1.54) is 24.3 Å². The summed E-state index contributed by atoms with van der Waals surface area (Å²) in [5.74, 6) is -2.13. The van der Waals surface area contributed by atoms with Gasteiger partial charge in [0.05, 0.1) is 11.1 Å². The van der Waals surface area contributed by atoms with Crippen molar-refractivity contribution in [2.24, 2.45) is 0 Å². The Bertz CT molecular complexity index is 290. The summed E-state index contributed by atoms with van der Waals surface area (Å²) < 4.78 is 0. The van der Waals surface area contributed by atoms with E-state index in [2.05, 4.69) is 0 Å². The summed E-state index contributed by atoms with van der Waals surface area (Å²) in [7, 11) is 0. The van der Waals surface area contributed by atoms with Gasteiger partial charge in [0.1, 0.15) is 0 Å². The van der Waals surface area contributed by atoms with Crippen LogP contribution in [0.5, 0.6) is 0 Å². The quantitative estimate of drug-likeness (QED) is 0.519. The average molecular weight is 174 g/mol. The molecule has 0 aromatic heterocycles. The van der Waals surface area contributed by atoms with Crippen LogP contribution in [0.2, 0.25) is 0 Å². The van der Waals surface area contributed by atoms with Crippen molar-refractivity contribution in [2.75, 3.05) is 0 Å². The van der Waals surface area contributed by atoms with Gasteiger partial charge >= 0.3 is 30.8 Å². The molecule has 0 heterocycles. The van der Waals surface area contributed by atoms with Gasteiger partial charge in [-0.15, -0.1) is 0 Å². The Kier molecular flexibility index (Phi) is 4.25. The Hall–Kier alpha value is -1.24. The third-order valence-electron chi connectivity index (χ3n) is 1.38. The Morgan fingerprint density at radius 3 is 1.31 bits per heavy atom. The SMILES string of the molecule is O=C(O)c1ccc(C(=O)O)cc1.[H-].[Li+]. The second-order valence-corrected chi connectivity index (χ2v) is 2.19. The summed E-state index contributed by atoms with van der Waals surface area (Å²) in [6.07, 6.45) is 0. The fraction of sp³-hybridized carbons (Fsp3) is 0. The van der Waals surface area contributed by atoms with E-state index in [4.69, 9.17) is 10.2 Å².